The van der Waals surface area contributed by atoms with Gasteiger partial charge in [-0.25, -0.2) is 8.78 Å². The Morgan fingerprint density at radius 3 is 2.83 bits per heavy atom. The highest BCUT2D eigenvalue weighted by Crippen LogP contribution is 2.25. The van der Waals surface area contributed by atoms with E-state index in [9.17, 15) is 8.78 Å². The molecule has 1 unspecified atom stereocenters. The van der Waals surface area contributed by atoms with Gasteiger partial charge in [-0.3, -0.25) is 0 Å². The average Bonchev–Trinajstić information content (AvgIpc) is 3.06. The van der Waals surface area contributed by atoms with Crippen LogP contribution in [0.25, 0.3) is 0 Å². The molecule has 1 N–H and O–H groups in total. The molecule has 0 aromatic heterocycles. The molecule has 1 aliphatic heterocycles. The fourth-order valence-corrected chi connectivity index (χ4v) is 3.12. The van der Waals surface area contributed by atoms with Crippen molar-refractivity contribution in [2.24, 2.45) is 5.92 Å². The second-order valence-electron chi connectivity index (χ2n) is 6.18. The summed E-state index contributed by atoms with van der Waals surface area (Å²) in [5.41, 5.74) is 1.94. The van der Waals surface area contributed by atoms with Crippen LogP contribution in [0.1, 0.15) is 12.0 Å². The minimum atomic E-state index is -0.797. The number of nitrogens with one attached hydrogen (secondary N) is 1. The zero-order valence-electron chi connectivity index (χ0n) is 13.8. The fraction of sp³-hybridized carbons (Fsp3) is 0.368. The number of halogens is 2. The Balaban J connectivity index is 1.48. The van der Waals surface area contributed by atoms with Crippen LogP contribution in [0.5, 0.6) is 5.75 Å². The average molecular weight is 332 g/mol. The summed E-state index contributed by atoms with van der Waals surface area (Å²) in [6.07, 6.45) is 1.05. The molecule has 1 aliphatic rings. The van der Waals surface area contributed by atoms with Gasteiger partial charge >= 0.3 is 0 Å². The Kier molecular flexibility index (Phi) is 5.30. The summed E-state index contributed by atoms with van der Waals surface area (Å²) in [5, 5.41) is 3.47. The normalized spacial score (nSPS) is 17.3. The van der Waals surface area contributed by atoms with E-state index in [1.807, 2.05) is 18.2 Å². The van der Waals surface area contributed by atoms with E-state index in [1.165, 1.54) is 17.7 Å². The quantitative estimate of drug-likeness (QED) is 0.875. The summed E-state index contributed by atoms with van der Waals surface area (Å²) in [6.45, 7) is 3.42. The van der Waals surface area contributed by atoms with E-state index in [0.29, 0.717) is 5.92 Å². The van der Waals surface area contributed by atoms with Gasteiger partial charge in [-0.05, 0) is 42.2 Å². The molecule has 2 aromatic carbocycles. The SMILES string of the molecule is COc1cccc(CNCC2CCN(c3ccc(F)c(F)c3)C2)c1. The first-order valence-corrected chi connectivity index (χ1v) is 8.19. The van der Waals surface area contributed by atoms with Crippen molar-refractivity contribution in [3.05, 3.63) is 59.7 Å². The molecule has 0 spiro atoms. The van der Waals surface area contributed by atoms with Crippen LogP contribution in [0, 0.1) is 17.6 Å². The van der Waals surface area contributed by atoms with Crippen molar-refractivity contribution in [3.63, 3.8) is 0 Å². The van der Waals surface area contributed by atoms with Gasteiger partial charge in [-0.1, -0.05) is 12.1 Å². The van der Waals surface area contributed by atoms with Crippen LogP contribution >= 0.6 is 0 Å². The van der Waals surface area contributed by atoms with Crippen molar-refractivity contribution in [1.82, 2.24) is 5.32 Å². The first-order chi connectivity index (χ1) is 11.7. The largest absolute Gasteiger partial charge is 0.497 e. The van der Waals surface area contributed by atoms with E-state index < -0.39 is 11.6 Å². The third-order valence-electron chi connectivity index (χ3n) is 4.45. The third kappa shape index (κ3) is 4.03. The van der Waals surface area contributed by atoms with Gasteiger partial charge < -0.3 is 15.0 Å². The van der Waals surface area contributed by atoms with E-state index >= 15 is 0 Å². The Labute approximate surface area is 141 Å². The Bertz CT molecular complexity index is 693. The topological polar surface area (TPSA) is 24.5 Å². The lowest BCUT2D eigenvalue weighted by molar-refractivity contribution is 0.414. The van der Waals surface area contributed by atoms with Gasteiger partial charge in [0.1, 0.15) is 5.75 Å². The molecule has 2 aromatic rings. The maximum absolute atomic E-state index is 13.4. The van der Waals surface area contributed by atoms with Crippen molar-refractivity contribution >= 4 is 5.69 Å². The first kappa shape index (κ1) is 16.7. The highest BCUT2D eigenvalue weighted by Gasteiger charge is 2.23. The number of rotatable bonds is 6. The molecule has 3 nitrogen and oxygen atoms in total. The lowest BCUT2D eigenvalue weighted by atomic mass is 10.1. The van der Waals surface area contributed by atoms with Crippen LogP contribution in [0.3, 0.4) is 0 Å². The molecule has 0 aliphatic carbocycles. The monoisotopic (exact) mass is 332 g/mol. The molecule has 1 heterocycles. The maximum Gasteiger partial charge on any atom is 0.160 e. The van der Waals surface area contributed by atoms with E-state index in [0.717, 1.165) is 44.0 Å². The van der Waals surface area contributed by atoms with Crippen LogP contribution in [0.2, 0.25) is 0 Å². The third-order valence-corrected chi connectivity index (χ3v) is 4.45. The second kappa shape index (κ2) is 7.62. The summed E-state index contributed by atoms with van der Waals surface area (Å²) in [7, 11) is 1.66. The van der Waals surface area contributed by atoms with Gasteiger partial charge in [0.05, 0.1) is 7.11 Å². The number of benzene rings is 2. The highest BCUT2D eigenvalue weighted by atomic mass is 19.2. The number of ether oxygens (including phenoxy) is 1. The lowest BCUT2D eigenvalue weighted by Crippen LogP contribution is -2.26. The van der Waals surface area contributed by atoms with Gasteiger partial charge in [-0.15, -0.1) is 0 Å². The van der Waals surface area contributed by atoms with Crippen LogP contribution < -0.4 is 15.0 Å². The van der Waals surface area contributed by atoms with Gasteiger partial charge in [-0.2, -0.15) is 0 Å². The van der Waals surface area contributed by atoms with Crippen LogP contribution in [0.4, 0.5) is 14.5 Å². The molecule has 0 amide bonds. The van der Waals surface area contributed by atoms with Gasteiger partial charge in [0.25, 0.3) is 0 Å². The Morgan fingerprint density at radius 2 is 2.04 bits per heavy atom. The fourth-order valence-electron chi connectivity index (χ4n) is 3.12. The molecule has 0 saturated carbocycles. The lowest BCUT2D eigenvalue weighted by Gasteiger charge is -2.19. The second-order valence-corrected chi connectivity index (χ2v) is 6.18. The minimum absolute atomic E-state index is 0.503. The van der Waals surface area contributed by atoms with Crippen molar-refractivity contribution in [2.75, 3.05) is 31.6 Å². The zero-order chi connectivity index (χ0) is 16.9. The molecular formula is C19H22F2N2O. The van der Waals surface area contributed by atoms with Gasteiger partial charge in [0.15, 0.2) is 11.6 Å². The number of methoxy groups -OCH3 is 1. The van der Waals surface area contributed by atoms with Gasteiger partial charge in [0, 0.05) is 37.9 Å². The highest BCUT2D eigenvalue weighted by molar-refractivity contribution is 5.47. The number of anilines is 1. The van der Waals surface area contributed by atoms with E-state index in [-0.39, 0.29) is 0 Å². The minimum Gasteiger partial charge on any atom is -0.497 e. The summed E-state index contributed by atoms with van der Waals surface area (Å²) >= 11 is 0. The molecule has 1 fully saturated rings. The molecular weight excluding hydrogens is 310 g/mol. The van der Waals surface area contributed by atoms with E-state index in [2.05, 4.69) is 16.3 Å². The molecule has 0 bridgehead atoms. The van der Waals surface area contributed by atoms with E-state index in [1.54, 1.807) is 13.2 Å². The van der Waals surface area contributed by atoms with Crippen molar-refractivity contribution in [2.45, 2.75) is 13.0 Å². The number of hydrogen-bond acceptors (Lipinski definition) is 3. The van der Waals surface area contributed by atoms with Crippen molar-refractivity contribution < 1.29 is 13.5 Å². The molecule has 128 valence electrons. The molecule has 1 saturated heterocycles. The molecule has 1 atom stereocenters. The summed E-state index contributed by atoms with van der Waals surface area (Å²) in [4.78, 5) is 2.11. The number of nitrogens with zero attached hydrogens (tertiary/aromatic N) is 1. The Hall–Kier alpha value is -2.14. The summed E-state index contributed by atoms with van der Waals surface area (Å²) < 4.78 is 31.6. The predicted octanol–water partition coefficient (Wildman–Crippen LogP) is 3.59. The van der Waals surface area contributed by atoms with Crippen LogP contribution in [0.15, 0.2) is 42.5 Å². The summed E-state index contributed by atoms with van der Waals surface area (Å²) in [5.74, 6) is -0.218. The smallest absolute Gasteiger partial charge is 0.160 e. The first-order valence-electron chi connectivity index (χ1n) is 8.19. The molecule has 3 rings (SSSR count). The van der Waals surface area contributed by atoms with Crippen LogP contribution in [-0.2, 0) is 6.54 Å². The number of hydrogen-bond donors (Lipinski definition) is 1. The molecule has 5 heteroatoms. The Morgan fingerprint density at radius 1 is 1.17 bits per heavy atom. The maximum atomic E-state index is 13.4. The standard InChI is InChI=1S/C19H22F2N2O/c1-24-17-4-2-3-14(9-17)11-22-12-15-7-8-23(13-15)16-5-6-18(20)19(21)10-16/h2-6,9-10,15,22H,7-8,11-13H2,1H3. The van der Waals surface area contributed by atoms with Gasteiger partial charge in [0.2, 0.25) is 0 Å². The summed E-state index contributed by atoms with van der Waals surface area (Å²) in [6, 6.07) is 12.1. The van der Waals surface area contributed by atoms with Crippen molar-refractivity contribution in [1.29, 1.82) is 0 Å². The molecule has 24 heavy (non-hydrogen) atoms. The van der Waals surface area contributed by atoms with Crippen molar-refractivity contribution in [3.8, 4) is 5.75 Å². The predicted molar refractivity (Wildman–Crippen MR) is 91.4 cm³/mol. The van der Waals surface area contributed by atoms with E-state index in [4.69, 9.17) is 4.74 Å². The molecule has 0 radical (unpaired) electrons. The zero-order valence-corrected chi connectivity index (χ0v) is 13.8. The van der Waals surface area contributed by atoms with Crippen LogP contribution in [-0.4, -0.2) is 26.7 Å².